The van der Waals surface area contributed by atoms with Crippen LogP contribution in [0.2, 0.25) is 0 Å². The van der Waals surface area contributed by atoms with Crippen LogP contribution < -0.4 is 4.90 Å². The molecule has 1 aliphatic heterocycles. The van der Waals surface area contributed by atoms with E-state index in [4.69, 9.17) is 4.98 Å². The SMILES string of the molecule is Cc1ccc(C(=O)N2CC[C@@H](c3cc(N(C)C)cc(C)n3)C2)cn1. The van der Waals surface area contributed by atoms with E-state index >= 15 is 0 Å². The molecule has 0 aromatic carbocycles. The standard InChI is InChI=1S/C19H24N4O/c1-13-5-6-15(11-20-13)19(24)23-8-7-16(12-23)18-10-17(22(3)4)9-14(2)21-18/h5-6,9-11,16H,7-8,12H2,1-4H3/t16-/m1/s1. The van der Waals surface area contributed by atoms with Crippen LogP contribution in [-0.2, 0) is 0 Å². The molecule has 2 aromatic heterocycles. The van der Waals surface area contributed by atoms with Crippen molar-refractivity contribution in [1.82, 2.24) is 14.9 Å². The van der Waals surface area contributed by atoms with Crippen LogP contribution in [-0.4, -0.2) is 48.0 Å². The zero-order valence-electron chi connectivity index (χ0n) is 14.8. The quantitative estimate of drug-likeness (QED) is 0.871. The van der Waals surface area contributed by atoms with Gasteiger partial charge >= 0.3 is 0 Å². The number of nitrogens with zero attached hydrogens (tertiary/aromatic N) is 4. The molecule has 3 rings (SSSR count). The van der Waals surface area contributed by atoms with Crippen molar-refractivity contribution in [3.8, 4) is 0 Å². The summed E-state index contributed by atoms with van der Waals surface area (Å²) in [5.74, 6) is 0.358. The van der Waals surface area contributed by atoms with Gasteiger partial charge in [0.1, 0.15) is 0 Å². The molecule has 0 unspecified atom stereocenters. The number of hydrogen-bond donors (Lipinski definition) is 0. The van der Waals surface area contributed by atoms with Crippen molar-refractivity contribution >= 4 is 11.6 Å². The van der Waals surface area contributed by atoms with Crippen LogP contribution in [0, 0.1) is 13.8 Å². The fourth-order valence-electron chi connectivity index (χ4n) is 3.11. The number of hydrogen-bond acceptors (Lipinski definition) is 4. The van der Waals surface area contributed by atoms with E-state index in [0.717, 1.165) is 42.3 Å². The van der Waals surface area contributed by atoms with Gasteiger partial charge in [0.05, 0.1) is 5.56 Å². The Morgan fingerprint density at radius 1 is 1.21 bits per heavy atom. The van der Waals surface area contributed by atoms with Gasteiger partial charge in [0.25, 0.3) is 5.91 Å². The van der Waals surface area contributed by atoms with Crippen molar-refractivity contribution in [2.45, 2.75) is 26.2 Å². The lowest BCUT2D eigenvalue weighted by atomic mass is 10.0. The third kappa shape index (κ3) is 3.40. The first-order valence-electron chi connectivity index (χ1n) is 8.32. The van der Waals surface area contributed by atoms with Gasteiger partial charge in [-0.05, 0) is 44.5 Å². The molecule has 1 atom stereocenters. The summed E-state index contributed by atoms with van der Waals surface area (Å²) < 4.78 is 0. The van der Waals surface area contributed by atoms with Crippen molar-refractivity contribution in [3.05, 3.63) is 53.1 Å². The van der Waals surface area contributed by atoms with Crippen molar-refractivity contribution in [1.29, 1.82) is 0 Å². The van der Waals surface area contributed by atoms with Gasteiger partial charge in [0.2, 0.25) is 0 Å². The largest absolute Gasteiger partial charge is 0.378 e. The zero-order chi connectivity index (χ0) is 17.3. The second-order valence-corrected chi connectivity index (χ2v) is 6.71. The van der Waals surface area contributed by atoms with Gasteiger partial charge in [-0.3, -0.25) is 14.8 Å². The zero-order valence-corrected chi connectivity index (χ0v) is 14.8. The lowest BCUT2D eigenvalue weighted by Gasteiger charge is -2.18. The summed E-state index contributed by atoms with van der Waals surface area (Å²) in [7, 11) is 4.07. The molecule has 0 aliphatic carbocycles. The van der Waals surface area contributed by atoms with Crippen LogP contribution in [0.15, 0.2) is 30.5 Å². The molecule has 24 heavy (non-hydrogen) atoms. The molecule has 0 saturated carbocycles. The third-order valence-electron chi connectivity index (χ3n) is 4.53. The molecular formula is C19H24N4O. The van der Waals surface area contributed by atoms with Crippen molar-refractivity contribution in [3.63, 3.8) is 0 Å². The van der Waals surface area contributed by atoms with Crippen LogP contribution in [0.4, 0.5) is 5.69 Å². The number of aryl methyl sites for hydroxylation is 2. The summed E-state index contributed by atoms with van der Waals surface area (Å²) in [6.07, 6.45) is 2.62. The average molecular weight is 324 g/mol. The Balaban J connectivity index is 1.75. The number of aromatic nitrogens is 2. The molecule has 1 aliphatic rings. The number of amides is 1. The first-order valence-corrected chi connectivity index (χ1v) is 8.32. The summed E-state index contributed by atoms with van der Waals surface area (Å²) in [5, 5.41) is 0. The number of carbonyl (C=O) groups is 1. The van der Waals surface area contributed by atoms with Crippen LogP contribution in [0.5, 0.6) is 0 Å². The minimum Gasteiger partial charge on any atom is -0.378 e. The Morgan fingerprint density at radius 2 is 2.00 bits per heavy atom. The monoisotopic (exact) mass is 324 g/mol. The highest BCUT2D eigenvalue weighted by Crippen LogP contribution is 2.29. The highest BCUT2D eigenvalue weighted by molar-refractivity contribution is 5.94. The normalized spacial score (nSPS) is 17.2. The summed E-state index contributed by atoms with van der Waals surface area (Å²) in [6, 6.07) is 7.96. The van der Waals surface area contributed by atoms with E-state index in [0.29, 0.717) is 11.5 Å². The van der Waals surface area contributed by atoms with Crippen LogP contribution >= 0.6 is 0 Å². The topological polar surface area (TPSA) is 49.3 Å². The van der Waals surface area contributed by atoms with E-state index in [1.54, 1.807) is 6.20 Å². The number of pyridine rings is 2. The Kier molecular flexibility index (Phi) is 4.51. The minimum absolute atomic E-state index is 0.0606. The number of anilines is 1. The predicted octanol–water partition coefficient (Wildman–Crippen LogP) is 2.79. The van der Waals surface area contributed by atoms with Crippen molar-refractivity contribution in [2.75, 3.05) is 32.1 Å². The predicted molar refractivity (Wildman–Crippen MR) is 95.5 cm³/mol. The third-order valence-corrected chi connectivity index (χ3v) is 4.53. The molecular weight excluding hydrogens is 300 g/mol. The van der Waals surface area contributed by atoms with E-state index in [1.807, 2.05) is 45.0 Å². The molecule has 5 nitrogen and oxygen atoms in total. The fraction of sp³-hybridized carbons (Fsp3) is 0.421. The molecule has 1 saturated heterocycles. The Hall–Kier alpha value is -2.43. The number of rotatable bonds is 3. The van der Waals surface area contributed by atoms with Gasteiger partial charge in [0, 0.05) is 62.1 Å². The molecule has 1 amide bonds. The minimum atomic E-state index is 0.0606. The van der Waals surface area contributed by atoms with Gasteiger partial charge in [-0.15, -0.1) is 0 Å². The Morgan fingerprint density at radius 3 is 2.67 bits per heavy atom. The Bertz CT molecular complexity index is 740. The summed E-state index contributed by atoms with van der Waals surface area (Å²) in [4.78, 5) is 25.6. The molecule has 1 fully saturated rings. The summed E-state index contributed by atoms with van der Waals surface area (Å²) >= 11 is 0. The average Bonchev–Trinajstić information content (AvgIpc) is 3.04. The summed E-state index contributed by atoms with van der Waals surface area (Å²) in [6.45, 7) is 5.43. The molecule has 2 aromatic rings. The molecule has 5 heteroatoms. The molecule has 0 bridgehead atoms. The van der Waals surface area contributed by atoms with Gasteiger partial charge in [0.15, 0.2) is 0 Å². The maximum absolute atomic E-state index is 12.6. The maximum Gasteiger partial charge on any atom is 0.255 e. The van der Waals surface area contributed by atoms with Crippen LogP contribution in [0.25, 0.3) is 0 Å². The van der Waals surface area contributed by atoms with Gasteiger partial charge < -0.3 is 9.80 Å². The lowest BCUT2D eigenvalue weighted by Crippen LogP contribution is -2.28. The highest BCUT2D eigenvalue weighted by atomic mass is 16.2. The molecule has 3 heterocycles. The first kappa shape index (κ1) is 16.4. The second kappa shape index (κ2) is 6.59. The van der Waals surface area contributed by atoms with E-state index < -0.39 is 0 Å². The summed E-state index contributed by atoms with van der Waals surface area (Å²) in [5.41, 5.74) is 4.84. The highest BCUT2D eigenvalue weighted by Gasteiger charge is 2.29. The van der Waals surface area contributed by atoms with Gasteiger partial charge in [-0.2, -0.15) is 0 Å². The smallest absolute Gasteiger partial charge is 0.255 e. The van der Waals surface area contributed by atoms with Gasteiger partial charge in [-0.25, -0.2) is 0 Å². The van der Waals surface area contributed by atoms with E-state index in [9.17, 15) is 4.79 Å². The fourth-order valence-corrected chi connectivity index (χ4v) is 3.11. The van der Waals surface area contributed by atoms with Crippen LogP contribution in [0.3, 0.4) is 0 Å². The molecule has 0 N–H and O–H groups in total. The number of likely N-dealkylation sites (tertiary alicyclic amines) is 1. The first-order chi connectivity index (χ1) is 11.4. The van der Waals surface area contributed by atoms with Crippen molar-refractivity contribution in [2.24, 2.45) is 0 Å². The van der Waals surface area contributed by atoms with Gasteiger partial charge in [-0.1, -0.05) is 0 Å². The Labute approximate surface area is 143 Å². The van der Waals surface area contributed by atoms with E-state index in [-0.39, 0.29) is 5.91 Å². The van der Waals surface area contributed by atoms with E-state index in [1.165, 1.54) is 0 Å². The van der Waals surface area contributed by atoms with Crippen molar-refractivity contribution < 1.29 is 4.79 Å². The molecule has 0 radical (unpaired) electrons. The van der Waals surface area contributed by atoms with E-state index in [2.05, 4.69) is 22.0 Å². The molecule has 126 valence electrons. The molecule has 0 spiro atoms. The van der Waals surface area contributed by atoms with Crippen LogP contribution in [0.1, 0.15) is 39.8 Å². The lowest BCUT2D eigenvalue weighted by molar-refractivity contribution is 0.0790. The second-order valence-electron chi connectivity index (χ2n) is 6.71. The maximum atomic E-state index is 12.6. The number of carbonyl (C=O) groups excluding carboxylic acids is 1.